The van der Waals surface area contributed by atoms with Crippen LogP contribution in [0.1, 0.15) is 60.1 Å². The summed E-state index contributed by atoms with van der Waals surface area (Å²) >= 11 is 0. The molecule has 0 amide bonds. The maximum absolute atomic E-state index is 11.1. The summed E-state index contributed by atoms with van der Waals surface area (Å²) in [5.74, 6) is -0.429. The summed E-state index contributed by atoms with van der Waals surface area (Å²) in [6.45, 7) is 2.04. The molecule has 0 radical (unpaired) electrons. The van der Waals surface area contributed by atoms with E-state index in [0.29, 0.717) is 6.42 Å². The van der Waals surface area contributed by atoms with E-state index in [1.54, 1.807) is 0 Å². The highest BCUT2D eigenvalue weighted by molar-refractivity contribution is 5.69. The summed E-state index contributed by atoms with van der Waals surface area (Å²) in [7, 11) is 1.26. The zero-order valence-corrected chi connectivity index (χ0v) is 13.9. The van der Waals surface area contributed by atoms with Crippen LogP contribution in [-0.4, -0.2) is 36.5 Å². The summed E-state index contributed by atoms with van der Waals surface area (Å²) in [6, 6.07) is -1.77. The van der Waals surface area contributed by atoms with Crippen molar-refractivity contribution in [3.8, 4) is 0 Å². The number of carbonyl (C=O) groups is 1. The van der Waals surface area contributed by atoms with Gasteiger partial charge in [0, 0.05) is 6.42 Å². The highest BCUT2D eigenvalue weighted by atomic mass is 16.6. The number of allylic oxidation sites excluding steroid dienone is 4. The molecule has 0 aromatic rings. The third kappa shape index (κ3) is 9.36. The lowest BCUT2D eigenvalue weighted by Crippen LogP contribution is -2.12. The Kier molecular flexibility index (Phi) is 6.33. The molecule has 1 aliphatic rings. The van der Waals surface area contributed by atoms with Crippen molar-refractivity contribution in [2.75, 3.05) is 7.11 Å². The Hall–Kier alpha value is -1.39. The summed E-state index contributed by atoms with van der Waals surface area (Å²) in [5, 5.41) is 10.3. The Bertz CT molecular complexity index is 674. The molecule has 3 atom stereocenters. The molecule has 0 aromatic heterocycles. The quantitative estimate of drug-likeness (QED) is 0.194. The van der Waals surface area contributed by atoms with E-state index in [0.717, 1.165) is 19.3 Å². The number of ether oxygens (including phenoxy) is 2. The van der Waals surface area contributed by atoms with Crippen LogP contribution in [0.5, 0.6) is 0 Å². The largest absolute Gasteiger partial charge is 0.469 e. The topological polar surface area (TPSA) is 59.1 Å². The number of hydrogen-bond acceptors (Lipinski definition) is 4. The number of methoxy groups -OCH3 is 1. The fourth-order valence-electron chi connectivity index (χ4n) is 1.84. The van der Waals surface area contributed by atoms with Crippen molar-refractivity contribution in [1.82, 2.24) is 0 Å². The van der Waals surface area contributed by atoms with Crippen molar-refractivity contribution in [1.29, 1.82) is 0 Å². The van der Waals surface area contributed by atoms with Gasteiger partial charge in [-0.05, 0) is 25.7 Å². The van der Waals surface area contributed by atoms with Crippen molar-refractivity contribution in [3.63, 3.8) is 0 Å². The van der Waals surface area contributed by atoms with Gasteiger partial charge in [-0.15, -0.1) is 0 Å². The van der Waals surface area contributed by atoms with Crippen molar-refractivity contribution < 1.29 is 27.6 Å². The molecule has 0 aromatic carbocycles. The van der Waals surface area contributed by atoms with Crippen molar-refractivity contribution in [2.24, 2.45) is 0 Å². The number of carbonyl (C=O) groups excluding carboxylic acids is 1. The maximum atomic E-state index is 11.1. The molecule has 4 nitrogen and oxygen atoms in total. The molecule has 0 saturated carbocycles. The van der Waals surface area contributed by atoms with E-state index >= 15 is 0 Å². The number of aliphatic hydroxyl groups is 1. The van der Waals surface area contributed by atoms with Crippen LogP contribution in [-0.2, 0) is 14.3 Å². The molecule has 1 N–H and O–H groups in total. The first-order valence-electron chi connectivity index (χ1n) is 11.1. The number of unbranched alkanes of at least 4 members (excludes halogenated alkanes) is 2. The molecule has 23 heavy (non-hydrogen) atoms. The van der Waals surface area contributed by atoms with Gasteiger partial charge >= 0.3 is 5.97 Å². The zero-order valence-electron chi connectivity index (χ0n) is 19.9. The smallest absolute Gasteiger partial charge is 0.305 e. The number of hydrogen-bond donors (Lipinski definition) is 1. The molecular weight excluding hydrogens is 292 g/mol. The lowest BCUT2D eigenvalue weighted by Gasteiger charge is -1.98. The molecule has 0 unspecified atom stereocenters. The molecule has 0 spiro atoms. The van der Waals surface area contributed by atoms with Gasteiger partial charge in [-0.3, -0.25) is 4.79 Å². The van der Waals surface area contributed by atoms with Crippen molar-refractivity contribution in [2.45, 2.75) is 70.2 Å². The van der Waals surface area contributed by atoms with Crippen LogP contribution < -0.4 is 0 Å². The monoisotopic (exact) mass is 334 g/mol. The Morgan fingerprint density at radius 1 is 1.30 bits per heavy atom. The first kappa shape index (κ1) is 12.0. The highest BCUT2D eigenvalue weighted by Gasteiger charge is 2.41. The second kappa shape index (κ2) is 12.1. The van der Waals surface area contributed by atoms with Gasteiger partial charge in [0.2, 0.25) is 0 Å². The molecule has 1 rings (SSSR count). The Morgan fingerprint density at radius 2 is 2.09 bits per heavy atom. The maximum Gasteiger partial charge on any atom is 0.305 e. The Balaban J connectivity index is 2.74. The Morgan fingerprint density at radius 3 is 2.83 bits per heavy atom. The first-order chi connectivity index (χ1) is 13.6. The van der Waals surface area contributed by atoms with Crippen molar-refractivity contribution in [3.05, 3.63) is 36.3 Å². The van der Waals surface area contributed by atoms with Crippen LogP contribution in [0.25, 0.3) is 0 Å². The summed E-state index contributed by atoms with van der Waals surface area (Å²) in [4.78, 5) is 11.1. The minimum Gasteiger partial charge on any atom is -0.469 e. The van der Waals surface area contributed by atoms with E-state index in [-0.39, 0.29) is 37.4 Å². The SMILES string of the molecule is [3H]/C(CCCC(=O)OC)=C([3H])/C([3H])=C(/[3H])[C@@H](O)[C@@H]1O[C@H]1/C([3H])=C(/[3H])CCCCC. The molecule has 1 aliphatic heterocycles. The van der Waals surface area contributed by atoms with E-state index in [4.69, 9.17) is 13.0 Å². The number of aliphatic hydroxyl groups excluding tert-OH is 1. The third-order valence-electron chi connectivity index (χ3n) is 3.27. The normalized spacial score (nSPS) is 28.5. The number of epoxide rings is 1. The van der Waals surface area contributed by atoms with Gasteiger partial charge < -0.3 is 14.6 Å². The summed E-state index contributed by atoms with van der Waals surface area (Å²) < 4.78 is 57.3. The summed E-state index contributed by atoms with van der Waals surface area (Å²) in [6.07, 6.45) is 0.452. The van der Waals surface area contributed by atoms with Gasteiger partial charge in [0.05, 0.1) is 15.3 Å². The lowest BCUT2D eigenvalue weighted by atomic mass is 10.1. The summed E-state index contributed by atoms with van der Waals surface area (Å²) in [5.41, 5.74) is 0. The predicted octanol–water partition coefficient (Wildman–Crippen LogP) is 3.71. The standard InChI is InChI=1S/C19H30O4/c1-3-4-5-7-11-14-17-19(23-17)16(20)13-10-8-6-9-12-15-18(21)22-2/h6,8,10-11,13-14,16-17,19-20H,3-5,7,9,12,15H2,1-2H3/b8-6-,13-10-,14-11-/t16-,17+,19+/m1/s1/i6T,8T,10T,11T,13T,14T. The van der Waals surface area contributed by atoms with Crippen LogP contribution in [0.15, 0.2) is 36.3 Å². The van der Waals surface area contributed by atoms with Gasteiger partial charge in [-0.1, -0.05) is 56.1 Å². The fourth-order valence-corrected chi connectivity index (χ4v) is 1.84. The van der Waals surface area contributed by atoms with Crippen LogP contribution in [0.4, 0.5) is 0 Å². The van der Waals surface area contributed by atoms with Crippen LogP contribution in [0, 0.1) is 0 Å². The zero-order chi connectivity index (χ0) is 22.1. The molecule has 0 aliphatic carbocycles. The molecule has 1 heterocycles. The average molecular weight is 334 g/mol. The van der Waals surface area contributed by atoms with Gasteiger partial charge in [0.15, 0.2) is 0 Å². The van der Waals surface area contributed by atoms with Gasteiger partial charge in [0.25, 0.3) is 0 Å². The average Bonchev–Trinajstić information content (AvgIpc) is 3.51. The van der Waals surface area contributed by atoms with Crippen LogP contribution in [0.2, 0.25) is 0 Å². The molecule has 4 heteroatoms. The predicted molar refractivity (Wildman–Crippen MR) is 92.1 cm³/mol. The molecule has 0 bridgehead atoms. The van der Waals surface area contributed by atoms with Gasteiger partial charge in [-0.2, -0.15) is 0 Å². The second-order valence-corrected chi connectivity index (χ2v) is 5.25. The van der Waals surface area contributed by atoms with E-state index in [9.17, 15) is 9.90 Å². The minimum absolute atomic E-state index is 0.0323. The number of rotatable bonds is 12. The molecular formula is C19H30O4. The lowest BCUT2D eigenvalue weighted by molar-refractivity contribution is -0.140. The first-order valence-corrected chi connectivity index (χ1v) is 8.06. The molecule has 1 saturated heterocycles. The third-order valence-corrected chi connectivity index (χ3v) is 3.27. The van der Waals surface area contributed by atoms with Gasteiger partial charge in [-0.25, -0.2) is 0 Å². The minimum atomic E-state index is -1.51. The van der Waals surface area contributed by atoms with E-state index in [1.807, 2.05) is 6.92 Å². The highest BCUT2D eigenvalue weighted by Crippen LogP contribution is 2.27. The van der Waals surface area contributed by atoms with Crippen LogP contribution in [0.3, 0.4) is 0 Å². The van der Waals surface area contributed by atoms with E-state index < -0.39 is 42.4 Å². The van der Waals surface area contributed by atoms with Crippen LogP contribution >= 0.6 is 0 Å². The van der Waals surface area contributed by atoms with Gasteiger partial charge in [0.1, 0.15) is 18.3 Å². The Labute approximate surface area is 148 Å². The van der Waals surface area contributed by atoms with E-state index in [1.165, 1.54) is 7.11 Å². The molecule has 1 fully saturated rings. The number of esters is 1. The fraction of sp³-hybridized carbons (Fsp3) is 0.632. The second-order valence-electron chi connectivity index (χ2n) is 5.25. The van der Waals surface area contributed by atoms with E-state index in [2.05, 4.69) is 4.74 Å². The molecule has 130 valence electrons. The van der Waals surface area contributed by atoms with Crippen molar-refractivity contribution >= 4 is 5.97 Å².